The van der Waals surface area contributed by atoms with Crippen LogP contribution in [0.25, 0.3) is 10.9 Å². The number of piperazine rings is 1. The van der Waals surface area contributed by atoms with Crippen molar-refractivity contribution in [3.8, 4) is 0 Å². The molecule has 6 nitrogen and oxygen atoms in total. The predicted molar refractivity (Wildman–Crippen MR) is 88.7 cm³/mol. The summed E-state index contributed by atoms with van der Waals surface area (Å²) in [6, 6.07) is 6.80. The number of carbonyl (C=O) groups is 1. The molecule has 1 aromatic carbocycles. The highest BCUT2D eigenvalue weighted by Crippen LogP contribution is 2.17. The minimum atomic E-state index is -0.0707. The fourth-order valence-electron chi connectivity index (χ4n) is 3.06. The van der Waals surface area contributed by atoms with Gasteiger partial charge < -0.3 is 15.0 Å². The van der Waals surface area contributed by atoms with E-state index in [1.54, 1.807) is 24.3 Å². The molecule has 0 radical (unpaired) electrons. The lowest BCUT2D eigenvalue weighted by Crippen LogP contribution is -2.49. The monoisotopic (exact) mass is 315 g/mol. The Labute approximate surface area is 134 Å². The minimum Gasteiger partial charge on any atom is -0.395 e. The number of hydrogen-bond donors (Lipinski definition) is 2. The van der Waals surface area contributed by atoms with Gasteiger partial charge in [0.25, 0.3) is 5.91 Å². The van der Waals surface area contributed by atoms with Crippen molar-refractivity contribution in [1.29, 1.82) is 0 Å². The number of amides is 1. The summed E-state index contributed by atoms with van der Waals surface area (Å²) in [5.74, 6) is -0.0551. The zero-order valence-electron chi connectivity index (χ0n) is 13.2. The van der Waals surface area contributed by atoms with E-state index in [2.05, 4.69) is 9.88 Å². The fraction of sp³-hybridized carbons (Fsp3) is 0.412. The van der Waals surface area contributed by atoms with E-state index >= 15 is 0 Å². The molecule has 2 heterocycles. The summed E-state index contributed by atoms with van der Waals surface area (Å²) in [5, 5.41) is 9.53. The first-order chi connectivity index (χ1) is 11.1. The average molecular weight is 315 g/mol. The maximum absolute atomic E-state index is 12.8. The zero-order valence-corrected chi connectivity index (χ0v) is 13.2. The van der Waals surface area contributed by atoms with Crippen LogP contribution in [0.4, 0.5) is 0 Å². The first kappa shape index (κ1) is 15.7. The molecule has 6 heteroatoms. The quantitative estimate of drug-likeness (QED) is 0.869. The Balaban J connectivity index is 1.89. The Bertz CT molecular complexity index is 776. The molecule has 0 aliphatic carbocycles. The van der Waals surface area contributed by atoms with Gasteiger partial charge in [-0.1, -0.05) is 6.07 Å². The third-order valence-corrected chi connectivity index (χ3v) is 4.31. The summed E-state index contributed by atoms with van der Waals surface area (Å²) < 4.78 is 0. The van der Waals surface area contributed by atoms with Crippen LogP contribution in [-0.2, 0) is 0 Å². The van der Waals surface area contributed by atoms with Crippen LogP contribution >= 0.6 is 0 Å². The molecule has 23 heavy (non-hydrogen) atoms. The van der Waals surface area contributed by atoms with Gasteiger partial charge >= 0.3 is 0 Å². The number of aliphatic hydroxyl groups excluding tert-OH is 1. The van der Waals surface area contributed by atoms with Crippen LogP contribution in [0.2, 0.25) is 0 Å². The lowest BCUT2D eigenvalue weighted by molar-refractivity contribution is 0.0616. The molecule has 122 valence electrons. The van der Waals surface area contributed by atoms with Gasteiger partial charge in [0, 0.05) is 49.9 Å². The predicted octanol–water partition coefficient (Wildman–Crippen LogP) is 0.587. The number of rotatable bonds is 3. The van der Waals surface area contributed by atoms with E-state index in [1.807, 2.05) is 11.8 Å². The number of benzene rings is 1. The molecule has 1 fully saturated rings. The molecule has 0 saturated carbocycles. The van der Waals surface area contributed by atoms with Crippen LogP contribution < -0.4 is 5.43 Å². The number of nitrogens with one attached hydrogen (secondary N) is 1. The van der Waals surface area contributed by atoms with Crippen molar-refractivity contribution in [2.75, 3.05) is 39.3 Å². The maximum Gasteiger partial charge on any atom is 0.256 e. The SMILES string of the molecule is Cc1cc(=O)c2cccc(C(=O)N3CCN(CCO)CC3)c2[nH]1. The van der Waals surface area contributed by atoms with E-state index in [4.69, 9.17) is 5.11 Å². The largest absolute Gasteiger partial charge is 0.395 e. The molecule has 2 aromatic rings. The molecule has 1 aliphatic rings. The molecule has 1 aliphatic heterocycles. The van der Waals surface area contributed by atoms with E-state index in [-0.39, 0.29) is 17.9 Å². The number of aliphatic hydroxyl groups is 1. The second-order valence-electron chi connectivity index (χ2n) is 5.90. The first-order valence-electron chi connectivity index (χ1n) is 7.85. The molecule has 1 saturated heterocycles. The molecule has 3 rings (SSSR count). The van der Waals surface area contributed by atoms with Gasteiger partial charge in [0.05, 0.1) is 17.7 Å². The number of β-amino-alcohol motifs (C(OH)–C–C–N with tert-alkyl or cyclic N) is 1. The van der Waals surface area contributed by atoms with Crippen LogP contribution in [0.15, 0.2) is 29.1 Å². The number of aromatic nitrogens is 1. The molecule has 0 spiro atoms. The molecule has 1 amide bonds. The van der Waals surface area contributed by atoms with Crippen LogP contribution in [-0.4, -0.2) is 65.1 Å². The van der Waals surface area contributed by atoms with Crippen molar-refractivity contribution in [2.24, 2.45) is 0 Å². The van der Waals surface area contributed by atoms with Crippen molar-refractivity contribution in [3.63, 3.8) is 0 Å². The Morgan fingerprint density at radius 1 is 1.26 bits per heavy atom. The van der Waals surface area contributed by atoms with Crippen molar-refractivity contribution in [1.82, 2.24) is 14.8 Å². The van der Waals surface area contributed by atoms with E-state index in [9.17, 15) is 9.59 Å². The summed E-state index contributed by atoms with van der Waals surface area (Å²) >= 11 is 0. The van der Waals surface area contributed by atoms with Crippen LogP contribution in [0.3, 0.4) is 0 Å². The number of hydrogen-bond acceptors (Lipinski definition) is 4. The Morgan fingerprint density at radius 3 is 2.70 bits per heavy atom. The number of nitrogens with zero attached hydrogens (tertiary/aromatic N) is 2. The fourth-order valence-corrected chi connectivity index (χ4v) is 3.06. The number of H-pyrrole nitrogens is 1. The summed E-state index contributed by atoms with van der Waals surface area (Å²) in [6.07, 6.45) is 0. The Hall–Kier alpha value is -2.18. The van der Waals surface area contributed by atoms with Gasteiger partial charge in [0.15, 0.2) is 5.43 Å². The van der Waals surface area contributed by atoms with Gasteiger partial charge in [0.2, 0.25) is 0 Å². The smallest absolute Gasteiger partial charge is 0.256 e. The average Bonchev–Trinajstić information content (AvgIpc) is 2.55. The normalized spacial score (nSPS) is 16.0. The van der Waals surface area contributed by atoms with Crippen molar-refractivity contribution < 1.29 is 9.90 Å². The maximum atomic E-state index is 12.8. The zero-order chi connectivity index (χ0) is 16.4. The van der Waals surface area contributed by atoms with E-state index in [1.165, 1.54) is 0 Å². The minimum absolute atomic E-state index is 0.0551. The number of para-hydroxylation sites is 1. The molecule has 2 N–H and O–H groups in total. The third-order valence-electron chi connectivity index (χ3n) is 4.31. The number of aryl methyl sites for hydroxylation is 1. The molecule has 0 unspecified atom stereocenters. The van der Waals surface area contributed by atoms with Crippen molar-refractivity contribution in [3.05, 3.63) is 45.7 Å². The second-order valence-corrected chi connectivity index (χ2v) is 5.90. The highest BCUT2D eigenvalue weighted by atomic mass is 16.3. The topological polar surface area (TPSA) is 76.6 Å². The summed E-state index contributed by atoms with van der Waals surface area (Å²) in [5.41, 5.74) is 1.83. The third kappa shape index (κ3) is 3.13. The van der Waals surface area contributed by atoms with Gasteiger partial charge in [-0.25, -0.2) is 0 Å². The van der Waals surface area contributed by atoms with Gasteiger partial charge in [-0.2, -0.15) is 0 Å². The van der Waals surface area contributed by atoms with E-state index in [0.29, 0.717) is 36.1 Å². The standard InChI is InChI=1S/C17H21N3O3/c1-12-11-15(22)13-3-2-4-14(16(13)18-12)17(23)20-7-5-19(6-8-20)9-10-21/h2-4,11,21H,5-10H2,1H3,(H,18,22). The Kier molecular flexibility index (Phi) is 4.45. The van der Waals surface area contributed by atoms with Gasteiger partial charge in [-0.3, -0.25) is 14.5 Å². The second kappa shape index (κ2) is 6.52. The highest BCUT2D eigenvalue weighted by molar-refractivity contribution is 6.05. The van der Waals surface area contributed by atoms with Crippen LogP contribution in [0, 0.1) is 6.92 Å². The number of fused-ring (bicyclic) bond motifs is 1. The lowest BCUT2D eigenvalue weighted by atomic mass is 10.1. The van der Waals surface area contributed by atoms with Crippen molar-refractivity contribution >= 4 is 16.8 Å². The van der Waals surface area contributed by atoms with Gasteiger partial charge in [0.1, 0.15) is 0 Å². The van der Waals surface area contributed by atoms with E-state index < -0.39 is 0 Å². The molecule has 0 atom stereocenters. The molecule has 1 aromatic heterocycles. The van der Waals surface area contributed by atoms with Gasteiger partial charge in [-0.05, 0) is 19.1 Å². The first-order valence-corrected chi connectivity index (χ1v) is 7.85. The summed E-state index contributed by atoms with van der Waals surface area (Å²) in [7, 11) is 0. The molecular weight excluding hydrogens is 294 g/mol. The summed E-state index contributed by atoms with van der Waals surface area (Å²) in [4.78, 5) is 32.0. The lowest BCUT2D eigenvalue weighted by Gasteiger charge is -2.34. The number of carbonyl (C=O) groups excluding carboxylic acids is 1. The van der Waals surface area contributed by atoms with Crippen LogP contribution in [0.5, 0.6) is 0 Å². The molecular formula is C17H21N3O3. The van der Waals surface area contributed by atoms with Crippen molar-refractivity contribution in [2.45, 2.75) is 6.92 Å². The molecule has 0 bridgehead atoms. The Morgan fingerprint density at radius 2 is 2.00 bits per heavy atom. The summed E-state index contributed by atoms with van der Waals surface area (Å²) in [6.45, 7) is 5.37. The number of aromatic amines is 1. The highest BCUT2D eigenvalue weighted by Gasteiger charge is 2.23. The van der Waals surface area contributed by atoms with E-state index in [0.717, 1.165) is 18.8 Å². The number of pyridine rings is 1. The van der Waals surface area contributed by atoms with Gasteiger partial charge in [-0.15, -0.1) is 0 Å². The van der Waals surface area contributed by atoms with Crippen LogP contribution in [0.1, 0.15) is 16.1 Å².